The number of hydrogen-bond acceptors (Lipinski definition) is 4. The van der Waals surface area contributed by atoms with E-state index in [0.717, 1.165) is 24.3 Å². The van der Waals surface area contributed by atoms with Gasteiger partial charge < -0.3 is 24.7 Å². The van der Waals surface area contributed by atoms with Crippen molar-refractivity contribution in [1.82, 2.24) is 15.5 Å². The summed E-state index contributed by atoms with van der Waals surface area (Å²) in [5.41, 5.74) is 1.12. The summed E-state index contributed by atoms with van der Waals surface area (Å²) in [6.45, 7) is 3.00. The zero-order valence-corrected chi connectivity index (χ0v) is 19.4. The number of guanidine groups is 1. The van der Waals surface area contributed by atoms with E-state index >= 15 is 0 Å². The van der Waals surface area contributed by atoms with Crippen molar-refractivity contribution in [3.8, 4) is 0 Å². The predicted molar refractivity (Wildman–Crippen MR) is 125 cm³/mol. The quantitative estimate of drug-likeness (QED) is 0.209. The fourth-order valence-corrected chi connectivity index (χ4v) is 2.59. The first kappa shape index (κ1) is 25.0. The van der Waals surface area contributed by atoms with Gasteiger partial charge in [0.05, 0.1) is 6.26 Å². The van der Waals surface area contributed by atoms with E-state index in [9.17, 15) is 4.79 Å². The molecule has 0 aliphatic rings. The third-order valence-electron chi connectivity index (χ3n) is 4.13. The van der Waals surface area contributed by atoms with Crippen molar-refractivity contribution in [2.75, 3.05) is 33.8 Å². The first-order chi connectivity index (χ1) is 13.7. The van der Waals surface area contributed by atoms with Crippen LogP contribution in [0, 0.1) is 0 Å². The van der Waals surface area contributed by atoms with E-state index in [2.05, 4.69) is 15.6 Å². The first-order valence-corrected chi connectivity index (χ1v) is 9.51. The summed E-state index contributed by atoms with van der Waals surface area (Å²) in [5, 5.41) is 6.38. The monoisotopic (exact) mass is 514 g/mol. The van der Waals surface area contributed by atoms with Gasteiger partial charge in [-0.15, -0.1) is 24.0 Å². The summed E-state index contributed by atoms with van der Waals surface area (Å²) in [4.78, 5) is 18.2. The fraction of sp³-hybridized carbons (Fsp3) is 0.429. The van der Waals surface area contributed by atoms with Crippen LogP contribution in [0.5, 0.6) is 0 Å². The summed E-state index contributed by atoms with van der Waals surface area (Å²) < 4.78 is 10.7. The number of carbonyl (C=O) groups excluding carboxylic acids is 1. The third-order valence-corrected chi connectivity index (χ3v) is 4.13. The minimum absolute atomic E-state index is 0. The molecule has 7 nitrogen and oxygen atoms in total. The molecule has 2 N–H and O–H groups in total. The lowest BCUT2D eigenvalue weighted by molar-refractivity contribution is -0.130. The minimum Gasteiger partial charge on any atom is -0.467 e. The zero-order chi connectivity index (χ0) is 20.0. The van der Waals surface area contributed by atoms with Crippen LogP contribution >= 0.6 is 24.0 Å². The molecule has 0 unspecified atom stereocenters. The summed E-state index contributed by atoms with van der Waals surface area (Å²) in [5.74, 6) is 1.61. The average molecular weight is 514 g/mol. The molecule has 0 radical (unpaired) electrons. The Bertz CT molecular complexity index is 708. The van der Waals surface area contributed by atoms with Crippen LogP contribution in [0.3, 0.4) is 0 Å². The van der Waals surface area contributed by atoms with Gasteiger partial charge in [-0.05, 0) is 24.1 Å². The molecule has 0 saturated heterocycles. The number of aliphatic imine (C=N–C) groups is 1. The summed E-state index contributed by atoms with van der Waals surface area (Å²) in [6, 6.07) is 13.7. The van der Waals surface area contributed by atoms with E-state index in [1.54, 1.807) is 18.2 Å². The maximum atomic E-state index is 12.2. The molecule has 8 heteroatoms. The lowest BCUT2D eigenvalue weighted by Crippen LogP contribution is -2.40. The fourth-order valence-electron chi connectivity index (χ4n) is 2.59. The maximum Gasteiger partial charge on any atom is 0.224 e. The molecular formula is C21H31IN4O3. The minimum atomic E-state index is 0. The standard InChI is InChI=1S/C21H30N4O3.HI/c1-22-21(23-12-7-14-27-17-19-10-6-15-28-19)24-13-11-20(26)25(2)16-18-8-4-3-5-9-18;/h3-6,8-10,15H,7,11-14,16-17H2,1-2H3,(H2,22,23,24);1H. The van der Waals surface area contributed by atoms with Gasteiger partial charge in [0.2, 0.25) is 5.91 Å². The SMILES string of the molecule is CN=C(NCCCOCc1ccco1)NCCC(=O)N(C)Cc1ccccc1.I. The highest BCUT2D eigenvalue weighted by Crippen LogP contribution is 2.04. The highest BCUT2D eigenvalue weighted by atomic mass is 127. The smallest absolute Gasteiger partial charge is 0.224 e. The molecule has 0 saturated carbocycles. The Labute approximate surface area is 189 Å². The molecule has 1 heterocycles. The van der Waals surface area contributed by atoms with E-state index in [0.29, 0.717) is 38.7 Å². The highest BCUT2D eigenvalue weighted by molar-refractivity contribution is 14.0. The largest absolute Gasteiger partial charge is 0.467 e. The normalized spacial score (nSPS) is 10.9. The van der Waals surface area contributed by atoms with E-state index in [1.807, 2.05) is 49.5 Å². The van der Waals surface area contributed by atoms with Gasteiger partial charge in [-0.2, -0.15) is 0 Å². The predicted octanol–water partition coefficient (Wildman–Crippen LogP) is 3.02. The molecule has 2 rings (SSSR count). The number of amides is 1. The Balaban J connectivity index is 0.00000420. The molecular weight excluding hydrogens is 483 g/mol. The van der Waals surface area contributed by atoms with Crippen molar-refractivity contribution in [2.45, 2.75) is 26.0 Å². The van der Waals surface area contributed by atoms with Crippen molar-refractivity contribution in [3.63, 3.8) is 0 Å². The Morgan fingerprint density at radius 2 is 1.90 bits per heavy atom. The van der Waals surface area contributed by atoms with Crippen LogP contribution in [0.4, 0.5) is 0 Å². The Morgan fingerprint density at radius 1 is 1.14 bits per heavy atom. The molecule has 1 amide bonds. The van der Waals surface area contributed by atoms with Crippen molar-refractivity contribution >= 4 is 35.8 Å². The molecule has 2 aromatic rings. The van der Waals surface area contributed by atoms with Gasteiger partial charge in [0.1, 0.15) is 12.4 Å². The number of halogens is 1. The van der Waals surface area contributed by atoms with Gasteiger partial charge in [-0.3, -0.25) is 9.79 Å². The van der Waals surface area contributed by atoms with Gasteiger partial charge in [0.15, 0.2) is 5.96 Å². The maximum absolute atomic E-state index is 12.2. The van der Waals surface area contributed by atoms with Crippen LogP contribution < -0.4 is 10.6 Å². The third kappa shape index (κ3) is 10.3. The lowest BCUT2D eigenvalue weighted by Gasteiger charge is -2.18. The van der Waals surface area contributed by atoms with Gasteiger partial charge in [-0.25, -0.2) is 0 Å². The second-order valence-electron chi connectivity index (χ2n) is 6.40. The Morgan fingerprint density at radius 3 is 2.59 bits per heavy atom. The van der Waals surface area contributed by atoms with Crippen LogP contribution in [-0.2, 0) is 22.7 Å². The average Bonchev–Trinajstić information content (AvgIpc) is 3.23. The topological polar surface area (TPSA) is 79.1 Å². The van der Waals surface area contributed by atoms with Crippen molar-refractivity contribution in [1.29, 1.82) is 0 Å². The van der Waals surface area contributed by atoms with Gasteiger partial charge >= 0.3 is 0 Å². The van der Waals surface area contributed by atoms with Crippen LogP contribution in [-0.4, -0.2) is 50.6 Å². The number of hydrogen-bond donors (Lipinski definition) is 2. The van der Waals surface area contributed by atoms with E-state index in [-0.39, 0.29) is 29.9 Å². The zero-order valence-electron chi connectivity index (χ0n) is 17.1. The number of ether oxygens (including phenoxy) is 1. The van der Waals surface area contributed by atoms with Gasteiger partial charge in [-0.1, -0.05) is 30.3 Å². The Hall–Kier alpha value is -2.07. The summed E-state index contributed by atoms with van der Waals surface area (Å²) in [7, 11) is 3.54. The summed E-state index contributed by atoms with van der Waals surface area (Å²) >= 11 is 0. The summed E-state index contributed by atoms with van der Waals surface area (Å²) in [6.07, 6.45) is 2.90. The van der Waals surface area contributed by atoms with Crippen LogP contribution in [0.2, 0.25) is 0 Å². The van der Waals surface area contributed by atoms with Gasteiger partial charge in [0.25, 0.3) is 0 Å². The molecule has 29 heavy (non-hydrogen) atoms. The molecule has 0 aliphatic heterocycles. The van der Waals surface area contributed by atoms with Crippen molar-refractivity contribution in [2.24, 2.45) is 4.99 Å². The molecule has 1 aromatic carbocycles. The van der Waals surface area contributed by atoms with Crippen molar-refractivity contribution < 1.29 is 13.9 Å². The number of carbonyl (C=O) groups is 1. The second-order valence-corrected chi connectivity index (χ2v) is 6.40. The Kier molecular flexibility index (Phi) is 12.8. The van der Waals surface area contributed by atoms with Crippen LogP contribution in [0.1, 0.15) is 24.2 Å². The van der Waals surface area contributed by atoms with Crippen molar-refractivity contribution in [3.05, 3.63) is 60.1 Å². The number of rotatable bonds is 11. The van der Waals surface area contributed by atoms with Crippen LogP contribution in [0.15, 0.2) is 58.1 Å². The van der Waals surface area contributed by atoms with E-state index < -0.39 is 0 Å². The molecule has 1 aromatic heterocycles. The molecule has 0 aliphatic carbocycles. The molecule has 0 spiro atoms. The number of benzene rings is 1. The van der Waals surface area contributed by atoms with Crippen LogP contribution in [0.25, 0.3) is 0 Å². The molecule has 160 valence electrons. The van der Waals surface area contributed by atoms with E-state index in [4.69, 9.17) is 9.15 Å². The highest BCUT2D eigenvalue weighted by Gasteiger charge is 2.09. The number of nitrogens with one attached hydrogen (secondary N) is 2. The van der Waals surface area contributed by atoms with Gasteiger partial charge in [0, 0.05) is 46.8 Å². The molecule has 0 fully saturated rings. The van der Waals surface area contributed by atoms with E-state index in [1.165, 1.54) is 0 Å². The first-order valence-electron chi connectivity index (χ1n) is 9.51. The lowest BCUT2D eigenvalue weighted by atomic mass is 10.2. The number of nitrogens with zero attached hydrogens (tertiary/aromatic N) is 2. The molecule has 0 bridgehead atoms. The molecule has 0 atom stereocenters. The number of furan rings is 1. The second kappa shape index (κ2) is 14.9.